The molecule has 2 aromatic carbocycles. The number of aliphatic hydroxyl groups excluding tert-OH is 1. The van der Waals surface area contributed by atoms with Crippen LogP contribution in [0.25, 0.3) is 23.0 Å². The summed E-state index contributed by atoms with van der Waals surface area (Å²) in [5.41, 5.74) is 0.705. The molecule has 0 bridgehead atoms. The Bertz CT molecular complexity index is 1450. The average molecular weight is 515 g/mol. The minimum atomic E-state index is -4.61. The summed E-state index contributed by atoms with van der Waals surface area (Å²) in [5.74, 6) is -0.838. The number of aliphatic hydroxyl groups is 1. The highest BCUT2D eigenvalue weighted by molar-refractivity contribution is 5.59. The molecular formula is C27H26F4N4O2. The van der Waals surface area contributed by atoms with E-state index in [1.54, 1.807) is 10.7 Å². The van der Waals surface area contributed by atoms with Crippen LogP contribution in [0, 0.1) is 12.7 Å². The van der Waals surface area contributed by atoms with Gasteiger partial charge in [0.1, 0.15) is 5.82 Å². The number of benzene rings is 2. The summed E-state index contributed by atoms with van der Waals surface area (Å²) in [6.07, 6.45) is -2.65. The lowest BCUT2D eigenvalue weighted by Gasteiger charge is -2.28. The fraction of sp³-hybridized carbons (Fsp3) is 0.370. The van der Waals surface area contributed by atoms with Crippen molar-refractivity contribution in [3.05, 3.63) is 76.7 Å². The molecule has 6 nitrogen and oxygen atoms in total. The lowest BCUT2D eigenvalue weighted by molar-refractivity contribution is -0.180. The van der Waals surface area contributed by atoms with E-state index in [9.17, 15) is 22.7 Å². The largest absolute Gasteiger partial charge is 0.398 e. The van der Waals surface area contributed by atoms with Gasteiger partial charge < -0.3 is 9.63 Å². The number of aromatic nitrogens is 4. The Hall–Kier alpha value is -3.53. The second-order valence-corrected chi connectivity index (χ2v) is 10.2. The maximum Gasteiger partial charge on any atom is 0.398 e. The topological polar surface area (TPSA) is 77.0 Å². The van der Waals surface area contributed by atoms with Gasteiger partial charge in [-0.3, -0.25) is 4.68 Å². The van der Waals surface area contributed by atoms with Gasteiger partial charge in [0.2, 0.25) is 5.82 Å². The maximum atomic E-state index is 14.7. The normalized spacial score (nSPS) is 15.2. The zero-order valence-corrected chi connectivity index (χ0v) is 20.6. The van der Waals surface area contributed by atoms with Gasteiger partial charge >= 0.3 is 6.18 Å². The summed E-state index contributed by atoms with van der Waals surface area (Å²) >= 11 is 0. The zero-order valence-electron chi connectivity index (χ0n) is 20.6. The summed E-state index contributed by atoms with van der Waals surface area (Å²) in [6.45, 7) is 4.40. The molecule has 1 aliphatic rings. The quantitative estimate of drug-likeness (QED) is 0.308. The van der Waals surface area contributed by atoms with Crippen LogP contribution < -0.4 is 0 Å². The highest BCUT2D eigenvalue weighted by Gasteiger charge is 2.49. The molecule has 10 heteroatoms. The molecule has 2 aromatic heterocycles. The molecule has 0 spiro atoms. The molecule has 0 radical (unpaired) electrons. The molecule has 194 valence electrons. The van der Waals surface area contributed by atoms with E-state index in [4.69, 9.17) is 4.52 Å². The number of rotatable bonds is 7. The van der Waals surface area contributed by atoms with Crippen molar-refractivity contribution in [3.8, 4) is 23.0 Å². The van der Waals surface area contributed by atoms with Crippen molar-refractivity contribution in [3.63, 3.8) is 0 Å². The first-order valence-electron chi connectivity index (χ1n) is 11.9. The van der Waals surface area contributed by atoms with Crippen LogP contribution in [0.1, 0.15) is 49.1 Å². The summed E-state index contributed by atoms with van der Waals surface area (Å²) in [5, 5.41) is 18.2. The lowest BCUT2D eigenvalue weighted by atomic mass is 9.83. The van der Waals surface area contributed by atoms with Gasteiger partial charge in [0.15, 0.2) is 5.69 Å². The molecule has 2 heterocycles. The summed E-state index contributed by atoms with van der Waals surface area (Å²) in [6, 6.07) is 13.3. The van der Waals surface area contributed by atoms with Crippen LogP contribution in [0.3, 0.4) is 0 Å². The minimum Gasteiger partial charge on any atom is -0.395 e. The standard InChI is InChI=1S/C27H26F4N4O2/c1-16-11-22(33-35(16)14-17-5-4-6-19(12-17)26(15-36)9-10-26)24-32-23(34-37-24)18-7-8-20(21(28)13-18)25(2,3)27(29,30)31/h4-8,11-13,36H,9-10,14-15H2,1-3H3. The summed E-state index contributed by atoms with van der Waals surface area (Å²) in [7, 11) is 0. The van der Waals surface area contributed by atoms with Gasteiger partial charge in [-0.25, -0.2) is 4.39 Å². The Kier molecular flexibility index (Phi) is 5.97. The first kappa shape index (κ1) is 25.1. The lowest BCUT2D eigenvalue weighted by Crippen LogP contribution is -2.37. The second kappa shape index (κ2) is 8.79. The van der Waals surface area contributed by atoms with Gasteiger partial charge in [0.25, 0.3) is 5.89 Å². The van der Waals surface area contributed by atoms with E-state index in [1.165, 1.54) is 6.07 Å². The van der Waals surface area contributed by atoms with Crippen molar-refractivity contribution >= 4 is 0 Å². The molecule has 1 N–H and O–H groups in total. The third-order valence-corrected chi connectivity index (χ3v) is 7.26. The van der Waals surface area contributed by atoms with Crippen molar-refractivity contribution in [2.45, 2.75) is 57.2 Å². The molecule has 1 fully saturated rings. The molecule has 0 saturated heterocycles. The molecule has 0 aliphatic heterocycles. The Morgan fingerprint density at radius 2 is 1.84 bits per heavy atom. The molecule has 1 aliphatic carbocycles. The van der Waals surface area contributed by atoms with Crippen LogP contribution in [-0.4, -0.2) is 37.8 Å². The molecule has 0 atom stereocenters. The Morgan fingerprint density at radius 1 is 1.08 bits per heavy atom. The Morgan fingerprint density at radius 3 is 2.49 bits per heavy atom. The monoisotopic (exact) mass is 514 g/mol. The first-order valence-corrected chi connectivity index (χ1v) is 11.9. The van der Waals surface area contributed by atoms with E-state index in [2.05, 4.69) is 21.3 Å². The van der Waals surface area contributed by atoms with E-state index in [0.29, 0.717) is 12.2 Å². The van der Waals surface area contributed by atoms with Crippen LogP contribution in [-0.2, 0) is 17.4 Å². The van der Waals surface area contributed by atoms with Gasteiger partial charge in [0, 0.05) is 22.2 Å². The average Bonchev–Trinajstić information content (AvgIpc) is 3.34. The first-order chi connectivity index (χ1) is 17.4. The van der Waals surface area contributed by atoms with Crippen LogP contribution in [0.4, 0.5) is 17.6 Å². The highest BCUT2D eigenvalue weighted by Crippen LogP contribution is 2.47. The van der Waals surface area contributed by atoms with Crippen molar-refractivity contribution in [2.75, 3.05) is 6.61 Å². The van der Waals surface area contributed by atoms with Crippen molar-refractivity contribution in [1.29, 1.82) is 0 Å². The number of halogens is 4. The molecule has 0 unspecified atom stereocenters. The summed E-state index contributed by atoms with van der Waals surface area (Å²) < 4.78 is 61.9. The van der Waals surface area contributed by atoms with E-state index >= 15 is 0 Å². The minimum absolute atomic E-state index is 0.0453. The third-order valence-electron chi connectivity index (χ3n) is 7.26. The van der Waals surface area contributed by atoms with Crippen molar-refractivity contribution in [1.82, 2.24) is 19.9 Å². The predicted molar refractivity (Wildman–Crippen MR) is 128 cm³/mol. The van der Waals surface area contributed by atoms with Crippen molar-refractivity contribution < 1.29 is 27.2 Å². The van der Waals surface area contributed by atoms with Crippen molar-refractivity contribution in [2.24, 2.45) is 0 Å². The number of aryl methyl sites for hydroxylation is 1. The van der Waals surface area contributed by atoms with E-state index in [-0.39, 0.29) is 29.3 Å². The van der Waals surface area contributed by atoms with Gasteiger partial charge in [-0.05, 0) is 56.9 Å². The van der Waals surface area contributed by atoms with Gasteiger partial charge in [0.05, 0.1) is 18.6 Å². The SMILES string of the molecule is Cc1cc(-c2nc(-c3ccc(C(C)(C)C(F)(F)F)c(F)c3)no2)nn1Cc1cccc(C2(CO)CC2)c1. The Labute approximate surface area is 210 Å². The molecule has 1 saturated carbocycles. The molecule has 0 amide bonds. The maximum absolute atomic E-state index is 14.7. The zero-order chi connectivity index (χ0) is 26.6. The Balaban J connectivity index is 1.37. The van der Waals surface area contributed by atoms with Crippen LogP contribution in [0.2, 0.25) is 0 Å². The molecular weight excluding hydrogens is 488 g/mol. The smallest absolute Gasteiger partial charge is 0.395 e. The number of nitrogens with zero attached hydrogens (tertiary/aromatic N) is 4. The fourth-order valence-electron chi connectivity index (χ4n) is 4.39. The van der Waals surface area contributed by atoms with E-state index < -0.39 is 23.0 Å². The van der Waals surface area contributed by atoms with Crippen LogP contribution >= 0.6 is 0 Å². The van der Waals surface area contributed by atoms with Gasteiger partial charge in [-0.1, -0.05) is 41.6 Å². The van der Waals surface area contributed by atoms with E-state index in [1.807, 2.05) is 25.1 Å². The van der Waals surface area contributed by atoms with Gasteiger partial charge in [-0.2, -0.15) is 23.3 Å². The molecule has 5 rings (SSSR count). The van der Waals surface area contributed by atoms with Crippen LogP contribution in [0.5, 0.6) is 0 Å². The molecule has 4 aromatic rings. The molecule has 37 heavy (non-hydrogen) atoms. The third kappa shape index (κ3) is 4.54. The van der Waals surface area contributed by atoms with Crippen LogP contribution in [0.15, 0.2) is 53.1 Å². The highest BCUT2D eigenvalue weighted by atomic mass is 19.4. The van der Waals surface area contributed by atoms with Gasteiger partial charge in [-0.15, -0.1) is 0 Å². The number of hydrogen-bond acceptors (Lipinski definition) is 5. The predicted octanol–water partition coefficient (Wildman–Crippen LogP) is 5.96. The van der Waals surface area contributed by atoms with E-state index in [0.717, 1.165) is 55.6 Å². The second-order valence-electron chi connectivity index (χ2n) is 10.2. The fourth-order valence-corrected chi connectivity index (χ4v) is 4.39. The number of alkyl halides is 3. The summed E-state index contributed by atoms with van der Waals surface area (Å²) in [4.78, 5) is 4.29. The number of hydrogen-bond donors (Lipinski definition) is 1.